The van der Waals surface area contributed by atoms with Crippen molar-refractivity contribution in [2.24, 2.45) is 0 Å². The molecule has 4 nitrogen and oxygen atoms in total. The summed E-state index contributed by atoms with van der Waals surface area (Å²) in [5.41, 5.74) is -0.559. The summed E-state index contributed by atoms with van der Waals surface area (Å²) in [6.45, 7) is 2.02. The molecule has 0 aliphatic rings. The molecule has 0 fully saturated rings. The smallest absolute Gasteiger partial charge is 0.300 e. The molecule has 100 valence electrons. The summed E-state index contributed by atoms with van der Waals surface area (Å²) < 4.78 is 28.8. The van der Waals surface area contributed by atoms with Crippen LogP contribution in [0.1, 0.15) is 17.3 Å². The molecule has 6 heteroatoms. The molecule has 0 atom stereocenters. The molecule has 1 aromatic heterocycles. The quantitative estimate of drug-likeness (QED) is 0.792. The molecule has 19 heavy (non-hydrogen) atoms. The molecule has 2 rings (SSSR count). The molecule has 1 aromatic carbocycles. The van der Waals surface area contributed by atoms with Gasteiger partial charge >= 0.3 is 5.69 Å². The van der Waals surface area contributed by atoms with Crippen molar-refractivity contribution in [2.75, 3.05) is 0 Å². The highest BCUT2D eigenvalue weighted by Crippen LogP contribution is 2.10. The van der Waals surface area contributed by atoms with Gasteiger partial charge in [-0.2, -0.15) is 0 Å². The minimum Gasteiger partial charge on any atom is -0.300 e. The predicted octanol–water partition coefficient (Wildman–Crippen LogP) is 1.83. The second kappa shape index (κ2) is 5.17. The van der Waals surface area contributed by atoms with Gasteiger partial charge in [-0.1, -0.05) is 0 Å². The number of aromatic nitrogens is 2. The van der Waals surface area contributed by atoms with E-state index in [0.717, 1.165) is 12.1 Å². The maximum Gasteiger partial charge on any atom is 0.328 e. The van der Waals surface area contributed by atoms with Gasteiger partial charge in [0.15, 0.2) is 5.78 Å². The number of hydrogen-bond acceptors (Lipinski definition) is 2. The first kappa shape index (κ1) is 13.2. The number of nitrogens with zero attached hydrogens (tertiary/aromatic N) is 2. The molecule has 0 amide bonds. The normalized spacial score (nSPS) is 10.7. The lowest BCUT2D eigenvalue weighted by Gasteiger charge is -2.03. The van der Waals surface area contributed by atoms with Crippen LogP contribution in [0.15, 0.2) is 35.4 Å². The second-order valence-electron chi connectivity index (χ2n) is 4.04. The molecule has 0 unspecified atom stereocenters. The number of rotatable bonds is 4. The van der Waals surface area contributed by atoms with Crippen LogP contribution in [0.3, 0.4) is 0 Å². The van der Waals surface area contributed by atoms with Gasteiger partial charge in [0.05, 0.1) is 12.1 Å². The van der Waals surface area contributed by atoms with Gasteiger partial charge in [-0.25, -0.2) is 13.6 Å². The minimum atomic E-state index is -0.923. The fraction of sp³-hybridized carbons (Fsp3) is 0.231. The molecule has 0 saturated carbocycles. The summed E-state index contributed by atoms with van der Waals surface area (Å²) in [5.74, 6) is -2.25. The lowest BCUT2D eigenvalue weighted by Crippen LogP contribution is -2.26. The number of hydrogen-bond donors (Lipinski definition) is 0. The van der Waals surface area contributed by atoms with Gasteiger partial charge in [0.2, 0.25) is 0 Å². The zero-order valence-corrected chi connectivity index (χ0v) is 10.3. The molecule has 0 saturated heterocycles. The number of Topliss-reactive ketones (excluding diaryl/α,β-unsaturated/α-hetero) is 1. The SMILES string of the molecule is CCn1ccn(CC(=O)c2ccc(F)cc2F)c1=O. The van der Waals surface area contributed by atoms with Crippen LogP contribution >= 0.6 is 0 Å². The minimum absolute atomic E-state index is 0.224. The van der Waals surface area contributed by atoms with Gasteiger partial charge in [0.1, 0.15) is 11.6 Å². The van der Waals surface area contributed by atoms with Crippen LogP contribution < -0.4 is 5.69 Å². The Labute approximate surface area is 107 Å². The summed E-state index contributed by atoms with van der Waals surface area (Å²) in [4.78, 5) is 23.6. The first-order chi connectivity index (χ1) is 9.02. The second-order valence-corrected chi connectivity index (χ2v) is 4.04. The topological polar surface area (TPSA) is 44.0 Å². The monoisotopic (exact) mass is 266 g/mol. The van der Waals surface area contributed by atoms with Crippen molar-refractivity contribution >= 4 is 5.78 Å². The van der Waals surface area contributed by atoms with E-state index in [9.17, 15) is 18.4 Å². The Morgan fingerprint density at radius 3 is 2.47 bits per heavy atom. The highest BCUT2D eigenvalue weighted by molar-refractivity contribution is 5.96. The number of carbonyl (C=O) groups excluding carboxylic acids is 1. The fourth-order valence-electron chi connectivity index (χ4n) is 1.77. The van der Waals surface area contributed by atoms with E-state index in [4.69, 9.17) is 0 Å². The van der Waals surface area contributed by atoms with E-state index >= 15 is 0 Å². The van der Waals surface area contributed by atoms with Crippen molar-refractivity contribution in [3.8, 4) is 0 Å². The van der Waals surface area contributed by atoms with Gasteiger partial charge in [0.25, 0.3) is 0 Å². The third-order valence-corrected chi connectivity index (χ3v) is 2.80. The van der Waals surface area contributed by atoms with E-state index in [-0.39, 0.29) is 17.8 Å². The maximum atomic E-state index is 13.4. The fourth-order valence-corrected chi connectivity index (χ4v) is 1.77. The first-order valence-electron chi connectivity index (χ1n) is 5.76. The molecule has 0 N–H and O–H groups in total. The van der Waals surface area contributed by atoms with Gasteiger partial charge in [-0.3, -0.25) is 13.9 Å². The van der Waals surface area contributed by atoms with E-state index in [2.05, 4.69) is 0 Å². The van der Waals surface area contributed by atoms with Crippen molar-refractivity contribution in [3.63, 3.8) is 0 Å². The van der Waals surface area contributed by atoms with E-state index in [0.29, 0.717) is 12.6 Å². The maximum absolute atomic E-state index is 13.4. The van der Waals surface area contributed by atoms with Crippen molar-refractivity contribution in [1.29, 1.82) is 0 Å². The molecule has 1 heterocycles. The lowest BCUT2D eigenvalue weighted by atomic mass is 10.1. The van der Waals surface area contributed by atoms with Crippen LogP contribution in [0.5, 0.6) is 0 Å². The molecule has 0 spiro atoms. The van der Waals surface area contributed by atoms with Crippen LogP contribution in [-0.4, -0.2) is 14.9 Å². The standard InChI is InChI=1S/C13H12F2N2O2/c1-2-16-5-6-17(13(16)19)8-12(18)10-4-3-9(14)7-11(10)15/h3-7H,2,8H2,1H3. The summed E-state index contributed by atoms with van der Waals surface area (Å²) in [5, 5.41) is 0. The zero-order valence-electron chi connectivity index (χ0n) is 10.3. The Bertz CT molecular complexity index is 674. The third-order valence-electron chi connectivity index (χ3n) is 2.80. The molecular formula is C13H12F2N2O2. The van der Waals surface area contributed by atoms with Gasteiger partial charge in [-0.15, -0.1) is 0 Å². The Kier molecular flexibility index (Phi) is 3.59. The number of benzene rings is 1. The number of aryl methyl sites for hydroxylation is 1. The average Bonchev–Trinajstić information content (AvgIpc) is 2.70. The van der Waals surface area contributed by atoms with Crippen molar-refractivity contribution < 1.29 is 13.6 Å². The molecule has 0 bridgehead atoms. The Morgan fingerprint density at radius 1 is 1.21 bits per heavy atom. The largest absolute Gasteiger partial charge is 0.328 e. The number of ketones is 1. The third kappa shape index (κ3) is 2.62. The lowest BCUT2D eigenvalue weighted by molar-refractivity contribution is 0.0966. The van der Waals surface area contributed by atoms with Crippen molar-refractivity contribution in [1.82, 2.24) is 9.13 Å². The van der Waals surface area contributed by atoms with Gasteiger partial charge in [-0.05, 0) is 19.1 Å². The van der Waals surface area contributed by atoms with Crippen molar-refractivity contribution in [3.05, 3.63) is 58.3 Å². The average molecular weight is 266 g/mol. The Morgan fingerprint density at radius 2 is 1.89 bits per heavy atom. The first-order valence-corrected chi connectivity index (χ1v) is 5.76. The van der Waals surface area contributed by atoms with Gasteiger partial charge < -0.3 is 0 Å². The van der Waals surface area contributed by atoms with E-state index < -0.39 is 17.4 Å². The molecule has 0 aliphatic heterocycles. The molecule has 2 aromatic rings. The van der Waals surface area contributed by atoms with Crippen LogP contribution in [0.2, 0.25) is 0 Å². The van der Waals surface area contributed by atoms with Crippen molar-refractivity contribution in [2.45, 2.75) is 20.0 Å². The summed E-state index contributed by atoms with van der Waals surface area (Å²) in [6.07, 6.45) is 3.02. The summed E-state index contributed by atoms with van der Waals surface area (Å²) >= 11 is 0. The highest BCUT2D eigenvalue weighted by Gasteiger charge is 2.14. The molecular weight excluding hydrogens is 254 g/mol. The van der Waals surface area contributed by atoms with Crippen LogP contribution in [0, 0.1) is 11.6 Å². The van der Waals surface area contributed by atoms with Crippen LogP contribution in [0.4, 0.5) is 8.78 Å². The van der Waals surface area contributed by atoms with Crippen LogP contribution in [0.25, 0.3) is 0 Å². The summed E-state index contributed by atoms with van der Waals surface area (Å²) in [7, 11) is 0. The summed E-state index contributed by atoms with van der Waals surface area (Å²) in [6, 6.07) is 2.73. The number of halogens is 2. The number of imidazole rings is 1. The number of carbonyl (C=O) groups is 1. The molecule has 0 radical (unpaired) electrons. The Hall–Kier alpha value is -2.24. The van der Waals surface area contributed by atoms with Crippen LogP contribution in [-0.2, 0) is 13.1 Å². The Balaban J connectivity index is 2.25. The van der Waals surface area contributed by atoms with E-state index in [1.165, 1.54) is 15.3 Å². The van der Waals surface area contributed by atoms with Gasteiger partial charge in [0, 0.05) is 25.0 Å². The van der Waals surface area contributed by atoms with E-state index in [1.807, 2.05) is 0 Å². The highest BCUT2D eigenvalue weighted by atomic mass is 19.1. The molecule has 0 aliphatic carbocycles. The predicted molar refractivity (Wildman–Crippen MR) is 65.1 cm³/mol. The van der Waals surface area contributed by atoms with E-state index in [1.54, 1.807) is 13.1 Å². The zero-order chi connectivity index (χ0) is 14.0.